The molecule has 4 nitrogen and oxygen atoms in total. The Kier molecular flexibility index (Phi) is 2.96. The summed E-state index contributed by atoms with van der Waals surface area (Å²) in [6.07, 6.45) is 3.17. The minimum atomic E-state index is -3.46. The van der Waals surface area contributed by atoms with Crippen LogP contribution in [0.15, 0.2) is 23.1 Å². The summed E-state index contributed by atoms with van der Waals surface area (Å²) in [5, 5.41) is 0. The summed E-state index contributed by atoms with van der Waals surface area (Å²) in [4.78, 5) is 0.395. The predicted octanol–water partition coefficient (Wildman–Crippen LogP) is 1.93. The van der Waals surface area contributed by atoms with Gasteiger partial charge in [0, 0.05) is 0 Å². The van der Waals surface area contributed by atoms with Crippen LogP contribution in [0.4, 0.5) is 0 Å². The van der Waals surface area contributed by atoms with E-state index in [9.17, 15) is 8.42 Å². The Hall–Kier alpha value is -0.910. The molecule has 0 unspecified atom stereocenters. The van der Waals surface area contributed by atoms with Crippen LogP contribution in [0.5, 0.6) is 0 Å². The van der Waals surface area contributed by atoms with Gasteiger partial charge in [0.05, 0.1) is 17.0 Å². The molecule has 5 heteroatoms. The monoisotopic (exact) mass is 281 g/mol. The minimum absolute atomic E-state index is 0.145. The topological polar surface area (TPSA) is 46.6 Å². The van der Waals surface area contributed by atoms with Gasteiger partial charge in [0.1, 0.15) is 6.73 Å². The molecule has 1 saturated heterocycles. The lowest BCUT2D eigenvalue weighted by molar-refractivity contribution is 0.171. The zero-order valence-corrected chi connectivity index (χ0v) is 12.2. The summed E-state index contributed by atoms with van der Waals surface area (Å²) >= 11 is 0. The van der Waals surface area contributed by atoms with Crippen molar-refractivity contribution in [3.05, 3.63) is 29.3 Å². The molecule has 0 radical (unpaired) electrons. The fourth-order valence-electron chi connectivity index (χ4n) is 2.86. The molecule has 1 heterocycles. The van der Waals surface area contributed by atoms with Gasteiger partial charge in [-0.2, -0.15) is 4.31 Å². The van der Waals surface area contributed by atoms with Crippen molar-refractivity contribution >= 4 is 10.0 Å². The molecule has 104 valence electrons. The van der Waals surface area contributed by atoms with Gasteiger partial charge in [0.2, 0.25) is 10.0 Å². The highest BCUT2D eigenvalue weighted by molar-refractivity contribution is 7.89. The zero-order chi connectivity index (χ0) is 13.7. The Bertz CT molecular complexity index is 607. The summed E-state index contributed by atoms with van der Waals surface area (Å²) in [5.74, 6) is 0. The highest BCUT2D eigenvalue weighted by Gasteiger charge is 2.42. The van der Waals surface area contributed by atoms with Crippen molar-refractivity contribution in [2.24, 2.45) is 0 Å². The molecule has 0 N–H and O–H groups in total. The lowest BCUT2D eigenvalue weighted by atomic mass is 10.1. The third kappa shape index (κ3) is 2.10. The van der Waals surface area contributed by atoms with Gasteiger partial charge in [-0.05, 0) is 56.4 Å². The van der Waals surface area contributed by atoms with E-state index in [1.165, 1.54) is 15.4 Å². The zero-order valence-electron chi connectivity index (χ0n) is 11.3. The summed E-state index contributed by atoms with van der Waals surface area (Å²) in [6.45, 7) is 4.37. The van der Waals surface area contributed by atoms with Gasteiger partial charge in [-0.3, -0.25) is 0 Å². The van der Waals surface area contributed by atoms with E-state index < -0.39 is 15.6 Å². The summed E-state index contributed by atoms with van der Waals surface area (Å²) in [7, 11) is -3.46. The molecule has 1 aromatic carbocycles. The maximum atomic E-state index is 12.7. The first-order valence-electron chi connectivity index (χ1n) is 6.64. The quantitative estimate of drug-likeness (QED) is 0.832. The maximum absolute atomic E-state index is 12.7. The molecule has 1 aromatic rings. The number of hydrogen-bond donors (Lipinski definition) is 0. The second kappa shape index (κ2) is 4.30. The second-order valence-electron chi connectivity index (χ2n) is 5.93. The van der Waals surface area contributed by atoms with Crippen LogP contribution in [-0.2, 0) is 27.6 Å². The molecule has 0 amide bonds. The first-order chi connectivity index (χ1) is 8.91. The normalized spacial score (nSPS) is 22.6. The van der Waals surface area contributed by atoms with E-state index in [1.54, 1.807) is 6.07 Å². The van der Waals surface area contributed by atoms with Crippen molar-refractivity contribution in [1.82, 2.24) is 4.31 Å². The minimum Gasteiger partial charge on any atom is -0.363 e. The van der Waals surface area contributed by atoms with Crippen LogP contribution in [0.1, 0.15) is 31.4 Å². The lowest BCUT2D eigenvalue weighted by Crippen LogP contribution is -2.44. The molecule has 0 spiro atoms. The van der Waals surface area contributed by atoms with Crippen LogP contribution in [0, 0.1) is 0 Å². The highest BCUT2D eigenvalue weighted by Crippen LogP contribution is 2.31. The second-order valence-corrected chi connectivity index (χ2v) is 7.79. The van der Waals surface area contributed by atoms with Crippen LogP contribution in [-0.4, -0.2) is 31.6 Å². The molecule has 0 bridgehead atoms. The molecule has 2 aliphatic rings. The smallest absolute Gasteiger partial charge is 0.245 e. The van der Waals surface area contributed by atoms with Crippen LogP contribution in [0.2, 0.25) is 0 Å². The Balaban J connectivity index is 2.01. The number of rotatable bonds is 2. The third-order valence-corrected chi connectivity index (χ3v) is 6.03. The molecule has 1 aliphatic heterocycles. The number of aryl methyl sites for hydroxylation is 2. The van der Waals surface area contributed by atoms with Crippen molar-refractivity contribution in [1.29, 1.82) is 0 Å². The summed E-state index contributed by atoms with van der Waals surface area (Å²) in [6, 6.07) is 5.53. The van der Waals surface area contributed by atoms with Crippen LogP contribution in [0.25, 0.3) is 0 Å². The van der Waals surface area contributed by atoms with Gasteiger partial charge in [0.15, 0.2) is 0 Å². The summed E-state index contributed by atoms with van der Waals surface area (Å²) in [5.41, 5.74) is 1.99. The Labute approximate surface area is 114 Å². The first kappa shape index (κ1) is 13.1. The molecular formula is C14H19NO3S. The molecule has 1 aliphatic carbocycles. The largest absolute Gasteiger partial charge is 0.363 e. The van der Waals surface area contributed by atoms with Crippen molar-refractivity contribution < 1.29 is 13.2 Å². The van der Waals surface area contributed by atoms with E-state index in [2.05, 4.69) is 0 Å². The van der Waals surface area contributed by atoms with Gasteiger partial charge in [-0.25, -0.2) is 8.42 Å². The van der Waals surface area contributed by atoms with E-state index in [0.717, 1.165) is 19.3 Å². The molecule has 19 heavy (non-hydrogen) atoms. The first-order valence-corrected chi connectivity index (χ1v) is 8.08. The number of benzene rings is 1. The van der Waals surface area contributed by atoms with Crippen LogP contribution >= 0.6 is 0 Å². The van der Waals surface area contributed by atoms with Gasteiger partial charge in [-0.15, -0.1) is 0 Å². The van der Waals surface area contributed by atoms with E-state index in [-0.39, 0.29) is 6.73 Å². The number of nitrogens with zero attached hydrogens (tertiary/aromatic N) is 1. The maximum Gasteiger partial charge on any atom is 0.245 e. The Morgan fingerprint density at radius 3 is 2.63 bits per heavy atom. The van der Waals surface area contributed by atoms with E-state index in [4.69, 9.17) is 4.74 Å². The Morgan fingerprint density at radius 1 is 1.21 bits per heavy atom. The Morgan fingerprint density at radius 2 is 1.95 bits per heavy atom. The lowest BCUT2D eigenvalue weighted by Gasteiger charge is -2.28. The predicted molar refractivity (Wildman–Crippen MR) is 72.4 cm³/mol. The van der Waals surface area contributed by atoms with E-state index >= 15 is 0 Å². The molecular weight excluding hydrogens is 262 g/mol. The van der Waals surface area contributed by atoms with Gasteiger partial charge >= 0.3 is 0 Å². The molecule has 0 saturated carbocycles. The fourth-order valence-corrected chi connectivity index (χ4v) is 4.56. The number of fused-ring (bicyclic) bond motifs is 1. The molecule has 0 atom stereocenters. The van der Waals surface area contributed by atoms with Crippen LogP contribution in [0.3, 0.4) is 0 Å². The van der Waals surface area contributed by atoms with E-state index in [0.29, 0.717) is 11.5 Å². The molecule has 3 rings (SSSR count). The van der Waals surface area contributed by atoms with E-state index in [1.807, 2.05) is 26.0 Å². The van der Waals surface area contributed by atoms with Crippen LogP contribution < -0.4 is 0 Å². The van der Waals surface area contributed by atoms with Gasteiger partial charge in [0.25, 0.3) is 0 Å². The fraction of sp³-hybridized carbons (Fsp3) is 0.571. The SMILES string of the molecule is CC1(C)COCN1S(=O)(=O)c1ccc2c(c1)CCC2. The summed E-state index contributed by atoms with van der Waals surface area (Å²) < 4.78 is 32.2. The standard InChI is InChI=1S/C14H19NO3S/c1-14(2)9-18-10-15(14)19(16,17)13-7-6-11-4-3-5-12(11)8-13/h6-8H,3-5,9-10H2,1-2H3. The molecule has 1 fully saturated rings. The highest BCUT2D eigenvalue weighted by atomic mass is 32.2. The van der Waals surface area contributed by atoms with Crippen molar-refractivity contribution in [3.8, 4) is 0 Å². The number of ether oxygens (including phenoxy) is 1. The van der Waals surface area contributed by atoms with Gasteiger partial charge < -0.3 is 4.74 Å². The third-order valence-electron chi connectivity index (χ3n) is 4.00. The van der Waals surface area contributed by atoms with Crippen molar-refractivity contribution in [2.45, 2.75) is 43.5 Å². The number of hydrogen-bond acceptors (Lipinski definition) is 3. The molecule has 0 aromatic heterocycles. The average Bonchev–Trinajstić information content (AvgIpc) is 2.93. The average molecular weight is 281 g/mol. The number of sulfonamides is 1. The van der Waals surface area contributed by atoms with Crippen molar-refractivity contribution in [2.75, 3.05) is 13.3 Å². The van der Waals surface area contributed by atoms with Crippen molar-refractivity contribution in [3.63, 3.8) is 0 Å². The van der Waals surface area contributed by atoms with Gasteiger partial charge in [-0.1, -0.05) is 6.07 Å².